The summed E-state index contributed by atoms with van der Waals surface area (Å²) in [6.45, 7) is 14.0. The lowest BCUT2D eigenvalue weighted by molar-refractivity contribution is -0.146. The van der Waals surface area contributed by atoms with Crippen molar-refractivity contribution in [3.8, 4) is 11.1 Å². The van der Waals surface area contributed by atoms with Crippen LogP contribution in [0.15, 0.2) is 91.5 Å². The van der Waals surface area contributed by atoms with Gasteiger partial charge in [-0.1, -0.05) is 84.9 Å². The van der Waals surface area contributed by atoms with E-state index in [1.54, 1.807) is 11.0 Å². The fraction of sp³-hybridized carbons (Fsp3) is 0.467. The Labute approximate surface area is 336 Å². The predicted molar refractivity (Wildman–Crippen MR) is 216 cm³/mol. The minimum absolute atomic E-state index is 0.0637. The topological polar surface area (TPSA) is 133 Å². The molecule has 3 amide bonds. The average molecular weight is 784 g/mol. The molecule has 12 heteroatoms. The third kappa shape index (κ3) is 10.9. The standard InChI is InChI=1S/C45H57N3O9/c1-8-32(39-30-56-45(5,6)48(39)43(52)57-44(2,3)4)25-27-47(42(51)55-29-37-35-22-14-12-20-33(35)34-21-13-15-23-36(34)37)38(40(49)53-7)24-16-17-26-46-41(50)54-28-31-18-10-9-11-19-31/h8-15,18-23,32,37-39H,1,16-17,24-30H2,2-7H3,(H,46,50)/t32-,38+,39-/m1/s1. The highest BCUT2D eigenvalue weighted by Gasteiger charge is 2.48. The number of unbranched alkanes of at least 4 members (excludes halogenated alkanes) is 1. The molecule has 3 atom stereocenters. The van der Waals surface area contributed by atoms with E-state index >= 15 is 0 Å². The molecule has 1 aliphatic carbocycles. The Morgan fingerprint density at radius 2 is 1.56 bits per heavy atom. The van der Waals surface area contributed by atoms with Gasteiger partial charge >= 0.3 is 24.2 Å². The highest BCUT2D eigenvalue weighted by Crippen LogP contribution is 2.44. The third-order valence-electron chi connectivity index (χ3n) is 10.4. The summed E-state index contributed by atoms with van der Waals surface area (Å²) in [5.74, 6) is -1.11. The molecule has 0 aromatic heterocycles. The first-order valence-electron chi connectivity index (χ1n) is 19.7. The van der Waals surface area contributed by atoms with Crippen LogP contribution in [-0.2, 0) is 35.1 Å². The monoisotopic (exact) mass is 783 g/mol. The molecule has 12 nitrogen and oxygen atoms in total. The molecule has 0 bridgehead atoms. The second kappa shape index (κ2) is 19.2. The Hall–Kier alpha value is -5.36. The molecule has 0 spiro atoms. The van der Waals surface area contributed by atoms with Crippen LogP contribution < -0.4 is 5.32 Å². The van der Waals surface area contributed by atoms with Gasteiger partial charge in [-0.25, -0.2) is 19.2 Å². The molecule has 306 valence electrons. The molecule has 0 radical (unpaired) electrons. The summed E-state index contributed by atoms with van der Waals surface area (Å²) in [4.78, 5) is 56.6. The van der Waals surface area contributed by atoms with Gasteiger partial charge in [0.15, 0.2) is 0 Å². The number of nitrogens with one attached hydrogen (secondary N) is 1. The number of fused-ring (bicyclic) bond motifs is 3. The molecule has 0 unspecified atom stereocenters. The molecule has 3 aromatic rings. The molecular formula is C45H57N3O9. The number of ether oxygens (including phenoxy) is 5. The Balaban J connectivity index is 1.31. The van der Waals surface area contributed by atoms with Crippen LogP contribution in [0, 0.1) is 5.92 Å². The number of esters is 1. The number of carbonyl (C=O) groups excluding carboxylic acids is 4. The van der Waals surface area contributed by atoms with E-state index in [4.69, 9.17) is 23.7 Å². The highest BCUT2D eigenvalue weighted by molar-refractivity contribution is 5.82. The quantitative estimate of drug-likeness (QED) is 0.0658. The summed E-state index contributed by atoms with van der Waals surface area (Å²) >= 11 is 0. The fourth-order valence-corrected chi connectivity index (χ4v) is 7.59. The van der Waals surface area contributed by atoms with Crippen molar-refractivity contribution in [1.29, 1.82) is 0 Å². The molecule has 1 aliphatic heterocycles. The van der Waals surface area contributed by atoms with Crippen molar-refractivity contribution in [2.45, 2.75) is 96.2 Å². The summed E-state index contributed by atoms with van der Waals surface area (Å²) in [5, 5.41) is 2.75. The second-order valence-electron chi connectivity index (χ2n) is 15.9. The maximum Gasteiger partial charge on any atom is 0.412 e. The zero-order valence-electron chi connectivity index (χ0n) is 34.0. The number of nitrogens with zero attached hydrogens (tertiary/aromatic N) is 2. The van der Waals surface area contributed by atoms with Crippen molar-refractivity contribution in [1.82, 2.24) is 15.1 Å². The van der Waals surface area contributed by atoms with E-state index in [1.807, 2.05) is 101 Å². The maximum atomic E-state index is 14.3. The average Bonchev–Trinajstić information content (AvgIpc) is 3.69. The molecule has 3 aromatic carbocycles. The van der Waals surface area contributed by atoms with E-state index in [9.17, 15) is 19.2 Å². The van der Waals surface area contributed by atoms with Crippen LogP contribution in [-0.4, -0.2) is 90.9 Å². The lowest BCUT2D eigenvalue weighted by atomic mass is 9.94. The number of methoxy groups -OCH3 is 1. The van der Waals surface area contributed by atoms with E-state index in [0.29, 0.717) is 25.8 Å². The van der Waals surface area contributed by atoms with Gasteiger partial charge in [0.1, 0.15) is 30.6 Å². The summed E-state index contributed by atoms with van der Waals surface area (Å²) in [6, 6.07) is 24.1. The van der Waals surface area contributed by atoms with Crippen molar-refractivity contribution in [3.63, 3.8) is 0 Å². The lowest BCUT2D eigenvalue weighted by Gasteiger charge is -2.38. The van der Waals surface area contributed by atoms with E-state index < -0.39 is 47.7 Å². The molecule has 1 fully saturated rings. The number of carbonyl (C=O) groups is 4. The second-order valence-corrected chi connectivity index (χ2v) is 15.9. The van der Waals surface area contributed by atoms with Crippen molar-refractivity contribution in [3.05, 3.63) is 108 Å². The fourth-order valence-electron chi connectivity index (χ4n) is 7.59. The molecule has 0 saturated carbocycles. The maximum absolute atomic E-state index is 14.3. The van der Waals surface area contributed by atoms with Crippen molar-refractivity contribution >= 4 is 24.2 Å². The first-order chi connectivity index (χ1) is 27.2. The largest absolute Gasteiger partial charge is 0.467 e. The number of rotatable bonds is 16. The molecule has 5 rings (SSSR count). The number of amides is 3. The van der Waals surface area contributed by atoms with E-state index in [0.717, 1.165) is 27.8 Å². The molecule has 1 saturated heterocycles. The summed E-state index contributed by atoms with van der Waals surface area (Å²) in [5.41, 5.74) is 3.53. The van der Waals surface area contributed by atoms with Crippen molar-refractivity contribution in [2.24, 2.45) is 5.92 Å². The minimum atomic E-state index is -0.987. The van der Waals surface area contributed by atoms with E-state index in [1.165, 1.54) is 12.0 Å². The summed E-state index contributed by atoms with van der Waals surface area (Å²) in [6.07, 6.45) is 1.61. The van der Waals surface area contributed by atoms with Crippen molar-refractivity contribution < 1.29 is 42.9 Å². The molecule has 1 N–H and O–H groups in total. The Kier molecular flexibility index (Phi) is 14.4. The number of benzene rings is 3. The number of hydrogen-bond donors (Lipinski definition) is 1. The number of hydrogen-bond acceptors (Lipinski definition) is 9. The number of alkyl carbamates (subject to hydrolysis) is 1. The lowest BCUT2D eigenvalue weighted by Crippen LogP contribution is -2.52. The Bertz CT molecular complexity index is 1810. The highest BCUT2D eigenvalue weighted by atomic mass is 16.6. The Morgan fingerprint density at radius 1 is 0.930 bits per heavy atom. The van der Waals surface area contributed by atoms with E-state index in [2.05, 4.69) is 24.0 Å². The van der Waals surface area contributed by atoms with Crippen LogP contribution in [0.4, 0.5) is 14.4 Å². The van der Waals surface area contributed by atoms with Gasteiger partial charge < -0.3 is 29.0 Å². The first kappa shape index (κ1) is 42.8. The van der Waals surface area contributed by atoms with Crippen LogP contribution in [0.25, 0.3) is 11.1 Å². The van der Waals surface area contributed by atoms with Gasteiger partial charge in [-0.05, 0) is 88.1 Å². The van der Waals surface area contributed by atoms with Crippen LogP contribution in [0.5, 0.6) is 0 Å². The van der Waals surface area contributed by atoms with Crippen molar-refractivity contribution in [2.75, 3.05) is 33.4 Å². The summed E-state index contributed by atoms with van der Waals surface area (Å²) in [7, 11) is 1.29. The van der Waals surface area contributed by atoms with Crippen LogP contribution >= 0.6 is 0 Å². The normalized spacial score (nSPS) is 16.7. The molecule has 57 heavy (non-hydrogen) atoms. The molecular weight excluding hydrogens is 727 g/mol. The SMILES string of the molecule is C=C[C@H](CCN(C(=O)OCC1c2ccccc2-c2ccccc21)[C@@H](CCCCNC(=O)OCc1ccccc1)C(=O)OC)[C@H]1COC(C)(C)N1C(=O)OC(C)(C)C. The minimum Gasteiger partial charge on any atom is -0.467 e. The zero-order valence-corrected chi connectivity index (χ0v) is 34.0. The van der Waals surface area contributed by atoms with Gasteiger partial charge in [-0.15, -0.1) is 6.58 Å². The third-order valence-corrected chi connectivity index (χ3v) is 10.4. The predicted octanol–water partition coefficient (Wildman–Crippen LogP) is 8.44. The molecule has 2 aliphatic rings. The molecule has 1 heterocycles. The van der Waals surface area contributed by atoms with E-state index in [-0.39, 0.29) is 44.6 Å². The van der Waals surface area contributed by atoms with Gasteiger partial charge in [-0.2, -0.15) is 0 Å². The van der Waals surface area contributed by atoms with Crippen LogP contribution in [0.2, 0.25) is 0 Å². The van der Waals surface area contributed by atoms with Crippen LogP contribution in [0.3, 0.4) is 0 Å². The zero-order chi connectivity index (χ0) is 41.2. The Morgan fingerprint density at radius 3 is 2.18 bits per heavy atom. The van der Waals surface area contributed by atoms with Gasteiger partial charge in [0.2, 0.25) is 0 Å². The van der Waals surface area contributed by atoms with Crippen LogP contribution in [0.1, 0.15) is 82.9 Å². The van der Waals surface area contributed by atoms with Gasteiger partial charge in [0.05, 0.1) is 19.8 Å². The van der Waals surface area contributed by atoms with Gasteiger partial charge in [0, 0.05) is 24.9 Å². The van der Waals surface area contributed by atoms with Gasteiger partial charge in [0.25, 0.3) is 0 Å². The smallest absolute Gasteiger partial charge is 0.412 e. The van der Waals surface area contributed by atoms with Gasteiger partial charge in [-0.3, -0.25) is 9.80 Å². The first-order valence-corrected chi connectivity index (χ1v) is 19.7. The summed E-state index contributed by atoms with van der Waals surface area (Å²) < 4.78 is 28.5.